The SMILES string of the molecule is O=C(NCc1cccnn1)N[C@@H](CO)C(=O)O. The molecule has 0 saturated carbocycles. The molecule has 1 aromatic heterocycles. The highest BCUT2D eigenvalue weighted by molar-refractivity contribution is 5.82. The van der Waals surface area contributed by atoms with Gasteiger partial charge in [-0.15, -0.1) is 0 Å². The van der Waals surface area contributed by atoms with Crippen molar-refractivity contribution < 1.29 is 19.8 Å². The van der Waals surface area contributed by atoms with Crippen LogP contribution in [0.5, 0.6) is 0 Å². The van der Waals surface area contributed by atoms with Gasteiger partial charge in [-0.1, -0.05) is 0 Å². The number of hydrogen-bond acceptors (Lipinski definition) is 5. The highest BCUT2D eigenvalue weighted by Crippen LogP contribution is 1.90. The normalized spacial score (nSPS) is 11.6. The van der Waals surface area contributed by atoms with Gasteiger partial charge in [0.05, 0.1) is 18.8 Å². The molecule has 92 valence electrons. The van der Waals surface area contributed by atoms with Gasteiger partial charge in [0.15, 0.2) is 6.04 Å². The van der Waals surface area contributed by atoms with Crippen LogP contribution in [-0.4, -0.2) is 45.1 Å². The molecule has 0 fully saturated rings. The highest BCUT2D eigenvalue weighted by atomic mass is 16.4. The first-order valence-electron chi connectivity index (χ1n) is 4.78. The number of aliphatic hydroxyl groups excluding tert-OH is 1. The van der Waals surface area contributed by atoms with Crippen LogP contribution in [-0.2, 0) is 11.3 Å². The molecule has 0 spiro atoms. The van der Waals surface area contributed by atoms with Gasteiger partial charge < -0.3 is 20.8 Å². The number of nitrogens with one attached hydrogen (secondary N) is 2. The van der Waals surface area contributed by atoms with E-state index in [0.717, 1.165) is 0 Å². The van der Waals surface area contributed by atoms with Crippen LogP contribution in [0.25, 0.3) is 0 Å². The van der Waals surface area contributed by atoms with Gasteiger partial charge in [0.25, 0.3) is 0 Å². The van der Waals surface area contributed by atoms with E-state index < -0.39 is 24.6 Å². The number of aliphatic carboxylic acids is 1. The molecule has 4 N–H and O–H groups in total. The lowest BCUT2D eigenvalue weighted by Gasteiger charge is -2.12. The quantitative estimate of drug-likeness (QED) is 0.508. The Balaban J connectivity index is 2.37. The largest absolute Gasteiger partial charge is 0.480 e. The van der Waals surface area contributed by atoms with Crippen molar-refractivity contribution in [3.05, 3.63) is 24.0 Å². The monoisotopic (exact) mass is 240 g/mol. The zero-order valence-electron chi connectivity index (χ0n) is 8.83. The molecule has 2 amide bonds. The van der Waals surface area contributed by atoms with E-state index in [9.17, 15) is 9.59 Å². The van der Waals surface area contributed by atoms with Crippen molar-refractivity contribution in [1.29, 1.82) is 0 Å². The predicted molar refractivity (Wildman–Crippen MR) is 55.9 cm³/mol. The first kappa shape index (κ1) is 12.8. The number of aromatic nitrogens is 2. The van der Waals surface area contributed by atoms with Crippen LogP contribution in [0.4, 0.5) is 4.79 Å². The third-order valence-electron chi connectivity index (χ3n) is 1.84. The third-order valence-corrected chi connectivity index (χ3v) is 1.84. The molecule has 0 aliphatic carbocycles. The summed E-state index contributed by atoms with van der Waals surface area (Å²) in [4.78, 5) is 21.8. The van der Waals surface area contributed by atoms with Gasteiger partial charge in [0.1, 0.15) is 0 Å². The van der Waals surface area contributed by atoms with Crippen molar-refractivity contribution in [3.63, 3.8) is 0 Å². The van der Waals surface area contributed by atoms with Crippen LogP contribution in [0, 0.1) is 0 Å². The van der Waals surface area contributed by atoms with E-state index in [2.05, 4.69) is 20.8 Å². The van der Waals surface area contributed by atoms with E-state index in [1.165, 1.54) is 6.20 Å². The Hall–Kier alpha value is -2.22. The van der Waals surface area contributed by atoms with Crippen LogP contribution in [0.15, 0.2) is 18.3 Å². The molecule has 1 aromatic rings. The molecule has 1 heterocycles. The summed E-state index contributed by atoms with van der Waals surface area (Å²) < 4.78 is 0. The molecule has 0 aliphatic heterocycles. The average Bonchev–Trinajstić information content (AvgIpc) is 2.34. The molecule has 0 aromatic carbocycles. The van der Waals surface area contributed by atoms with Crippen molar-refractivity contribution in [2.45, 2.75) is 12.6 Å². The summed E-state index contributed by atoms with van der Waals surface area (Å²) in [5, 5.41) is 29.1. The van der Waals surface area contributed by atoms with E-state index >= 15 is 0 Å². The number of carbonyl (C=O) groups is 2. The van der Waals surface area contributed by atoms with Gasteiger partial charge in [0.2, 0.25) is 0 Å². The molecule has 17 heavy (non-hydrogen) atoms. The number of aliphatic hydroxyl groups is 1. The molecule has 8 heteroatoms. The maximum Gasteiger partial charge on any atom is 0.328 e. The Bertz CT molecular complexity index is 384. The number of nitrogens with zero attached hydrogens (tertiary/aromatic N) is 2. The summed E-state index contributed by atoms with van der Waals surface area (Å²) in [5.41, 5.74) is 0.540. The molecule has 8 nitrogen and oxygen atoms in total. The number of rotatable bonds is 5. The number of amides is 2. The fraction of sp³-hybridized carbons (Fsp3) is 0.333. The van der Waals surface area contributed by atoms with Crippen molar-refractivity contribution >= 4 is 12.0 Å². The Morgan fingerprint density at radius 3 is 2.76 bits per heavy atom. The Morgan fingerprint density at radius 1 is 1.47 bits per heavy atom. The van der Waals surface area contributed by atoms with Gasteiger partial charge in [-0.3, -0.25) is 0 Å². The summed E-state index contributed by atoms with van der Waals surface area (Å²) in [7, 11) is 0. The lowest BCUT2D eigenvalue weighted by Crippen LogP contribution is -2.47. The van der Waals surface area contributed by atoms with Crippen LogP contribution in [0.1, 0.15) is 5.69 Å². The maximum atomic E-state index is 11.2. The van der Waals surface area contributed by atoms with Crippen molar-refractivity contribution in [2.75, 3.05) is 6.61 Å². The summed E-state index contributed by atoms with van der Waals surface area (Å²) in [6.07, 6.45) is 1.50. The van der Waals surface area contributed by atoms with Gasteiger partial charge in [-0.25, -0.2) is 9.59 Å². The molecule has 1 atom stereocenters. The second-order valence-electron chi connectivity index (χ2n) is 3.12. The maximum absolute atomic E-state index is 11.2. The van der Waals surface area contributed by atoms with E-state index in [4.69, 9.17) is 10.2 Å². The summed E-state index contributed by atoms with van der Waals surface area (Å²) >= 11 is 0. The topological polar surface area (TPSA) is 124 Å². The molecular formula is C9H12N4O4. The van der Waals surface area contributed by atoms with Crippen LogP contribution in [0.3, 0.4) is 0 Å². The smallest absolute Gasteiger partial charge is 0.328 e. The molecule has 1 rings (SSSR count). The summed E-state index contributed by atoms with van der Waals surface area (Å²) in [5.74, 6) is -1.30. The van der Waals surface area contributed by atoms with Gasteiger partial charge in [0, 0.05) is 6.20 Å². The standard InChI is InChI=1S/C9H12N4O4/c14-5-7(8(15)16)12-9(17)10-4-6-2-1-3-11-13-6/h1-3,7,14H,4-5H2,(H,15,16)(H2,10,12,17)/t7-/m0/s1. The summed E-state index contributed by atoms with van der Waals surface area (Å²) in [6.45, 7) is -0.550. The zero-order chi connectivity index (χ0) is 12.7. The Labute approximate surface area is 96.7 Å². The molecule has 0 unspecified atom stereocenters. The number of hydrogen-bond donors (Lipinski definition) is 4. The second-order valence-corrected chi connectivity index (χ2v) is 3.12. The number of carboxylic acids is 1. The molecule has 0 aliphatic rings. The minimum absolute atomic E-state index is 0.122. The molecular weight excluding hydrogens is 228 g/mol. The van der Waals surface area contributed by atoms with Crippen molar-refractivity contribution in [3.8, 4) is 0 Å². The molecule has 0 radical (unpaired) electrons. The first-order valence-corrected chi connectivity index (χ1v) is 4.78. The van der Waals surface area contributed by atoms with Gasteiger partial charge in [-0.05, 0) is 12.1 Å². The minimum atomic E-state index is -1.32. The van der Waals surface area contributed by atoms with Crippen molar-refractivity contribution in [2.24, 2.45) is 0 Å². The number of carboxylic acid groups (broad SMARTS) is 1. The Morgan fingerprint density at radius 2 is 2.24 bits per heavy atom. The second kappa shape index (κ2) is 6.38. The number of carbonyl (C=O) groups excluding carboxylic acids is 1. The van der Waals surface area contributed by atoms with Crippen LogP contribution < -0.4 is 10.6 Å². The number of urea groups is 1. The zero-order valence-corrected chi connectivity index (χ0v) is 8.83. The highest BCUT2D eigenvalue weighted by Gasteiger charge is 2.18. The lowest BCUT2D eigenvalue weighted by molar-refractivity contribution is -0.140. The lowest BCUT2D eigenvalue weighted by atomic mass is 10.3. The van der Waals surface area contributed by atoms with Crippen molar-refractivity contribution in [1.82, 2.24) is 20.8 Å². The minimum Gasteiger partial charge on any atom is -0.480 e. The van der Waals surface area contributed by atoms with Crippen LogP contribution >= 0.6 is 0 Å². The fourth-order valence-electron chi connectivity index (χ4n) is 0.993. The third kappa shape index (κ3) is 4.43. The van der Waals surface area contributed by atoms with E-state index in [0.29, 0.717) is 5.69 Å². The van der Waals surface area contributed by atoms with E-state index in [-0.39, 0.29) is 6.54 Å². The predicted octanol–water partition coefficient (Wildman–Crippen LogP) is -1.28. The van der Waals surface area contributed by atoms with Gasteiger partial charge in [-0.2, -0.15) is 10.2 Å². The average molecular weight is 240 g/mol. The fourth-order valence-corrected chi connectivity index (χ4v) is 0.993. The van der Waals surface area contributed by atoms with E-state index in [1.807, 2.05) is 0 Å². The first-order chi connectivity index (χ1) is 8.13. The van der Waals surface area contributed by atoms with E-state index in [1.54, 1.807) is 12.1 Å². The van der Waals surface area contributed by atoms with Gasteiger partial charge >= 0.3 is 12.0 Å². The summed E-state index contributed by atoms with van der Waals surface area (Å²) in [6, 6.07) is 1.30. The molecule has 0 saturated heterocycles. The Kier molecular flexibility index (Phi) is 4.82. The molecule has 0 bridgehead atoms. The van der Waals surface area contributed by atoms with Crippen LogP contribution in [0.2, 0.25) is 0 Å².